The first-order valence-corrected chi connectivity index (χ1v) is 7.51. The van der Waals surface area contributed by atoms with Crippen molar-refractivity contribution in [1.82, 2.24) is 9.78 Å². The van der Waals surface area contributed by atoms with E-state index in [1.807, 2.05) is 46.6 Å². The third kappa shape index (κ3) is 2.57. The maximum absolute atomic E-state index is 6.04. The van der Waals surface area contributed by atoms with E-state index in [0.29, 0.717) is 6.54 Å². The molecule has 0 aliphatic rings. The summed E-state index contributed by atoms with van der Waals surface area (Å²) in [6.07, 6.45) is 1.88. The van der Waals surface area contributed by atoms with Crippen LogP contribution in [0, 0.1) is 0 Å². The Kier molecular flexibility index (Phi) is 3.40. The number of halogens is 1. The zero-order valence-corrected chi connectivity index (χ0v) is 12.5. The summed E-state index contributed by atoms with van der Waals surface area (Å²) in [6, 6.07) is 12.2. The Morgan fingerprint density at radius 2 is 2.05 bits per heavy atom. The van der Waals surface area contributed by atoms with Gasteiger partial charge in [0.05, 0.1) is 17.1 Å². The average Bonchev–Trinajstić information content (AvgIpc) is 3.01. The van der Waals surface area contributed by atoms with E-state index in [1.54, 1.807) is 11.3 Å². The number of nitrogens with zero attached hydrogens (tertiary/aromatic N) is 2. The Bertz CT molecular complexity index is 689. The number of nitrogen functional groups attached to an aromatic ring is 1. The average molecular weight is 334 g/mol. The monoisotopic (exact) mass is 333 g/mol. The molecule has 0 aliphatic carbocycles. The van der Waals surface area contributed by atoms with Gasteiger partial charge < -0.3 is 5.73 Å². The van der Waals surface area contributed by atoms with Crippen LogP contribution in [0.1, 0.15) is 5.56 Å². The zero-order chi connectivity index (χ0) is 13.2. The van der Waals surface area contributed by atoms with Crippen LogP contribution in [-0.2, 0) is 6.54 Å². The van der Waals surface area contributed by atoms with Gasteiger partial charge in [-0.25, -0.2) is 0 Å². The van der Waals surface area contributed by atoms with Gasteiger partial charge in [0.25, 0.3) is 0 Å². The first kappa shape index (κ1) is 12.4. The lowest BCUT2D eigenvalue weighted by atomic mass is 10.2. The molecule has 0 atom stereocenters. The van der Waals surface area contributed by atoms with Crippen LogP contribution in [0.4, 0.5) is 5.69 Å². The van der Waals surface area contributed by atoms with Crippen molar-refractivity contribution in [1.29, 1.82) is 0 Å². The van der Waals surface area contributed by atoms with E-state index >= 15 is 0 Å². The van der Waals surface area contributed by atoms with E-state index in [9.17, 15) is 0 Å². The summed E-state index contributed by atoms with van der Waals surface area (Å²) in [5, 5.41) is 6.60. The molecule has 2 N–H and O–H groups in total. The molecule has 5 heteroatoms. The number of anilines is 1. The van der Waals surface area contributed by atoms with Crippen LogP contribution in [0.5, 0.6) is 0 Å². The Morgan fingerprint density at radius 3 is 2.79 bits per heavy atom. The van der Waals surface area contributed by atoms with Crippen LogP contribution in [0.2, 0.25) is 0 Å². The summed E-state index contributed by atoms with van der Waals surface area (Å²) in [7, 11) is 0. The number of hydrogen-bond donors (Lipinski definition) is 1. The standard InChI is InChI=1S/C14H12BrN3S/c15-11-5-2-1-4-10(11)8-18-9-12(16)14(17-18)13-6-3-7-19-13/h1-7,9H,8,16H2. The first-order chi connectivity index (χ1) is 9.24. The largest absolute Gasteiger partial charge is 0.396 e. The van der Waals surface area contributed by atoms with Crippen molar-refractivity contribution >= 4 is 33.0 Å². The van der Waals surface area contributed by atoms with Crippen molar-refractivity contribution in [2.75, 3.05) is 5.73 Å². The van der Waals surface area contributed by atoms with Crippen molar-refractivity contribution in [2.45, 2.75) is 6.54 Å². The Hall–Kier alpha value is -1.59. The molecule has 0 aliphatic heterocycles. The molecule has 1 aromatic carbocycles. The highest BCUT2D eigenvalue weighted by Gasteiger charge is 2.10. The van der Waals surface area contributed by atoms with Crippen molar-refractivity contribution in [2.24, 2.45) is 0 Å². The summed E-state index contributed by atoms with van der Waals surface area (Å²) in [6.45, 7) is 0.705. The molecule has 0 amide bonds. The molecule has 3 aromatic rings. The van der Waals surface area contributed by atoms with E-state index in [-0.39, 0.29) is 0 Å². The van der Waals surface area contributed by atoms with E-state index in [2.05, 4.69) is 27.1 Å². The molecular weight excluding hydrogens is 322 g/mol. The van der Waals surface area contributed by atoms with Crippen LogP contribution in [0.15, 0.2) is 52.4 Å². The van der Waals surface area contributed by atoms with E-state index in [4.69, 9.17) is 5.73 Å². The highest BCUT2D eigenvalue weighted by molar-refractivity contribution is 9.10. The molecule has 0 spiro atoms. The van der Waals surface area contributed by atoms with Gasteiger partial charge in [-0.05, 0) is 23.1 Å². The van der Waals surface area contributed by atoms with Gasteiger partial charge in [-0.15, -0.1) is 11.3 Å². The third-order valence-corrected chi connectivity index (χ3v) is 4.48. The summed E-state index contributed by atoms with van der Waals surface area (Å²) in [5.74, 6) is 0. The van der Waals surface area contributed by atoms with Crippen LogP contribution < -0.4 is 5.73 Å². The number of benzene rings is 1. The van der Waals surface area contributed by atoms with Crippen molar-refractivity contribution in [3.63, 3.8) is 0 Å². The van der Waals surface area contributed by atoms with E-state index in [0.717, 1.165) is 20.7 Å². The van der Waals surface area contributed by atoms with Gasteiger partial charge in [-0.3, -0.25) is 4.68 Å². The highest BCUT2D eigenvalue weighted by Crippen LogP contribution is 2.28. The van der Waals surface area contributed by atoms with Gasteiger partial charge in [-0.2, -0.15) is 5.10 Å². The lowest BCUT2D eigenvalue weighted by molar-refractivity contribution is 0.688. The number of nitrogens with two attached hydrogens (primary N) is 1. The van der Waals surface area contributed by atoms with Gasteiger partial charge >= 0.3 is 0 Å². The first-order valence-electron chi connectivity index (χ1n) is 5.84. The molecule has 0 fully saturated rings. The molecule has 0 saturated heterocycles. The van der Waals surface area contributed by atoms with Crippen LogP contribution in [0.3, 0.4) is 0 Å². The van der Waals surface area contributed by atoms with Gasteiger partial charge in [-0.1, -0.05) is 40.2 Å². The summed E-state index contributed by atoms with van der Waals surface area (Å²) in [4.78, 5) is 1.10. The second-order valence-electron chi connectivity index (χ2n) is 4.20. The molecule has 19 heavy (non-hydrogen) atoms. The smallest absolute Gasteiger partial charge is 0.125 e. The van der Waals surface area contributed by atoms with Gasteiger partial charge in [0, 0.05) is 10.7 Å². The second kappa shape index (κ2) is 5.19. The fourth-order valence-corrected chi connectivity index (χ4v) is 3.07. The Morgan fingerprint density at radius 1 is 1.21 bits per heavy atom. The van der Waals surface area contributed by atoms with Gasteiger partial charge in [0.15, 0.2) is 0 Å². The van der Waals surface area contributed by atoms with E-state index in [1.165, 1.54) is 5.56 Å². The van der Waals surface area contributed by atoms with Crippen molar-refractivity contribution in [3.8, 4) is 10.6 Å². The molecular formula is C14H12BrN3S. The number of hydrogen-bond acceptors (Lipinski definition) is 3. The molecule has 96 valence electrons. The Labute approximate surface area is 123 Å². The molecule has 0 unspecified atom stereocenters. The molecule has 3 rings (SSSR count). The summed E-state index contributed by atoms with van der Waals surface area (Å²) < 4.78 is 2.96. The topological polar surface area (TPSA) is 43.8 Å². The number of aromatic nitrogens is 2. The minimum Gasteiger partial charge on any atom is -0.396 e. The minimum atomic E-state index is 0.705. The predicted octanol–water partition coefficient (Wildman–Crippen LogP) is 4.00. The van der Waals surface area contributed by atoms with Gasteiger partial charge in [0.2, 0.25) is 0 Å². The fourth-order valence-electron chi connectivity index (χ4n) is 1.92. The SMILES string of the molecule is Nc1cn(Cc2ccccc2Br)nc1-c1cccs1. The number of rotatable bonds is 3. The van der Waals surface area contributed by atoms with Crippen LogP contribution >= 0.6 is 27.3 Å². The lowest BCUT2D eigenvalue weighted by Gasteiger charge is -2.03. The third-order valence-electron chi connectivity index (χ3n) is 2.83. The zero-order valence-electron chi connectivity index (χ0n) is 10.1. The Balaban J connectivity index is 1.91. The molecule has 2 heterocycles. The minimum absolute atomic E-state index is 0.705. The van der Waals surface area contributed by atoms with Crippen LogP contribution in [0.25, 0.3) is 10.6 Å². The number of thiophene rings is 1. The van der Waals surface area contributed by atoms with Crippen molar-refractivity contribution < 1.29 is 0 Å². The van der Waals surface area contributed by atoms with E-state index < -0.39 is 0 Å². The predicted molar refractivity (Wildman–Crippen MR) is 83.2 cm³/mol. The molecule has 2 aromatic heterocycles. The second-order valence-corrected chi connectivity index (χ2v) is 6.00. The van der Waals surface area contributed by atoms with Gasteiger partial charge in [0.1, 0.15) is 5.69 Å². The maximum atomic E-state index is 6.04. The maximum Gasteiger partial charge on any atom is 0.125 e. The molecule has 0 radical (unpaired) electrons. The molecule has 0 bridgehead atoms. The van der Waals surface area contributed by atoms with Crippen molar-refractivity contribution in [3.05, 3.63) is 58.0 Å². The fraction of sp³-hybridized carbons (Fsp3) is 0.0714. The molecule has 3 nitrogen and oxygen atoms in total. The normalized spacial score (nSPS) is 10.8. The highest BCUT2D eigenvalue weighted by atomic mass is 79.9. The summed E-state index contributed by atoms with van der Waals surface area (Å²) in [5.41, 5.74) is 8.80. The quantitative estimate of drug-likeness (QED) is 0.787. The summed E-state index contributed by atoms with van der Waals surface area (Å²) >= 11 is 5.20. The molecule has 0 saturated carbocycles. The van der Waals surface area contributed by atoms with Crippen LogP contribution in [-0.4, -0.2) is 9.78 Å². The lowest BCUT2D eigenvalue weighted by Crippen LogP contribution is -2.00.